The van der Waals surface area contributed by atoms with Gasteiger partial charge in [-0.3, -0.25) is 4.79 Å². The molecule has 0 aromatic heterocycles. The fraction of sp³-hybridized carbons (Fsp3) is 0.375. The van der Waals surface area contributed by atoms with Gasteiger partial charge in [0.15, 0.2) is 0 Å². The molecule has 2 aromatic rings. The van der Waals surface area contributed by atoms with Crippen molar-refractivity contribution in [1.82, 2.24) is 10.6 Å². The molecule has 0 fully saturated rings. The molecule has 176 valence electrons. The number of amides is 2. The highest BCUT2D eigenvalue weighted by atomic mass is 16.5. The van der Waals surface area contributed by atoms with Crippen LogP contribution in [0.15, 0.2) is 48.5 Å². The molecule has 4 N–H and O–H groups in total. The highest BCUT2D eigenvalue weighted by Crippen LogP contribution is 2.44. The molecule has 0 radical (unpaired) electrons. The van der Waals surface area contributed by atoms with Crippen LogP contribution in [0.2, 0.25) is 0 Å². The van der Waals surface area contributed by atoms with Crippen molar-refractivity contribution in [2.24, 2.45) is 0 Å². The minimum absolute atomic E-state index is 0.0554. The number of carbonyl (C=O) groups is 3. The van der Waals surface area contributed by atoms with Gasteiger partial charge in [-0.05, 0) is 22.3 Å². The minimum Gasteiger partial charge on any atom is -0.480 e. The smallest absolute Gasteiger partial charge is 0.407 e. The van der Waals surface area contributed by atoms with Gasteiger partial charge >= 0.3 is 12.1 Å². The van der Waals surface area contributed by atoms with E-state index >= 15 is 0 Å². The Kier molecular flexibility index (Phi) is 8.39. The van der Waals surface area contributed by atoms with Crippen LogP contribution in [0.3, 0.4) is 0 Å². The predicted octanol–water partition coefficient (Wildman–Crippen LogP) is 1.88. The summed E-state index contributed by atoms with van der Waals surface area (Å²) in [6, 6.07) is 14.8. The fourth-order valence-electron chi connectivity index (χ4n) is 3.96. The molecule has 1 aliphatic carbocycles. The number of benzene rings is 2. The second-order valence-corrected chi connectivity index (χ2v) is 7.68. The second kappa shape index (κ2) is 11.4. The number of carboxylic acids is 1. The molecule has 1 aliphatic rings. The Morgan fingerprint density at radius 1 is 1.00 bits per heavy atom. The van der Waals surface area contributed by atoms with Crippen LogP contribution in [0.25, 0.3) is 11.1 Å². The molecular formula is C24H28N2O7. The second-order valence-electron chi connectivity index (χ2n) is 7.68. The number of methoxy groups -OCH3 is 1. The highest BCUT2D eigenvalue weighted by molar-refractivity contribution is 5.86. The summed E-state index contributed by atoms with van der Waals surface area (Å²) in [7, 11) is 1.32. The van der Waals surface area contributed by atoms with Gasteiger partial charge in [0.05, 0.1) is 0 Å². The van der Waals surface area contributed by atoms with Gasteiger partial charge in [-0.25, -0.2) is 9.59 Å². The van der Waals surface area contributed by atoms with E-state index < -0.39 is 30.1 Å². The van der Waals surface area contributed by atoms with Crippen LogP contribution in [0.4, 0.5) is 4.79 Å². The number of carboxylic acid groups (broad SMARTS) is 1. The van der Waals surface area contributed by atoms with Gasteiger partial charge in [0, 0.05) is 39.0 Å². The number of hydrogen-bond acceptors (Lipinski definition) is 6. The molecule has 9 nitrogen and oxygen atoms in total. The first kappa shape index (κ1) is 24.2. The van der Waals surface area contributed by atoms with Crippen molar-refractivity contribution in [3.05, 3.63) is 59.7 Å². The molecule has 2 atom stereocenters. The maximum atomic E-state index is 12.2. The number of aliphatic carboxylic acids is 1. The summed E-state index contributed by atoms with van der Waals surface area (Å²) >= 11 is 0. The van der Waals surface area contributed by atoms with E-state index in [-0.39, 0.29) is 38.5 Å². The fourth-order valence-corrected chi connectivity index (χ4v) is 3.96. The van der Waals surface area contributed by atoms with Gasteiger partial charge in [-0.2, -0.15) is 0 Å². The summed E-state index contributed by atoms with van der Waals surface area (Å²) in [5, 5.41) is 22.9. The maximum absolute atomic E-state index is 12.2. The van der Waals surface area contributed by atoms with Gasteiger partial charge in [-0.1, -0.05) is 48.5 Å². The van der Waals surface area contributed by atoms with Gasteiger partial charge < -0.3 is 30.3 Å². The van der Waals surface area contributed by atoms with Crippen molar-refractivity contribution in [3.63, 3.8) is 0 Å². The van der Waals surface area contributed by atoms with E-state index in [9.17, 15) is 14.4 Å². The molecule has 33 heavy (non-hydrogen) atoms. The monoisotopic (exact) mass is 456 g/mol. The first-order valence-electron chi connectivity index (χ1n) is 10.7. The number of nitrogens with one attached hydrogen (secondary N) is 2. The maximum Gasteiger partial charge on any atom is 0.407 e. The number of fused-ring (bicyclic) bond motifs is 3. The van der Waals surface area contributed by atoms with Gasteiger partial charge in [0.1, 0.15) is 18.8 Å². The van der Waals surface area contributed by atoms with Gasteiger partial charge in [0.25, 0.3) is 0 Å². The van der Waals surface area contributed by atoms with Crippen molar-refractivity contribution in [3.8, 4) is 11.1 Å². The van der Waals surface area contributed by atoms with Gasteiger partial charge in [0.2, 0.25) is 5.91 Å². The van der Waals surface area contributed by atoms with Crippen LogP contribution in [0, 0.1) is 0 Å². The van der Waals surface area contributed by atoms with E-state index in [2.05, 4.69) is 22.8 Å². The number of hydrogen-bond donors (Lipinski definition) is 4. The van der Waals surface area contributed by atoms with Crippen molar-refractivity contribution in [2.45, 2.75) is 30.9 Å². The zero-order valence-electron chi connectivity index (χ0n) is 18.3. The molecule has 2 aromatic carbocycles. The lowest BCUT2D eigenvalue weighted by Gasteiger charge is -2.19. The molecule has 0 saturated heterocycles. The molecule has 0 spiro atoms. The Labute approximate surface area is 191 Å². The Morgan fingerprint density at radius 2 is 1.61 bits per heavy atom. The van der Waals surface area contributed by atoms with Crippen LogP contribution in [0.1, 0.15) is 29.9 Å². The third-order valence-electron chi connectivity index (χ3n) is 5.63. The van der Waals surface area contributed by atoms with Crippen LogP contribution >= 0.6 is 0 Å². The topological polar surface area (TPSA) is 134 Å². The lowest BCUT2D eigenvalue weighted by molar-refractivity contribution is -0.144. The van der Waals surface area contributed by atoms with Crippen LogP contribution in [-0.2, 0) is 19.1 Å². The summed E-state index contributed by atoms with van der Waals surface area (Å²) < 4.78 is 10.6. The van der Waals surface area contributed by atoms with Crippen LogP contribution in [-0.4, -0.2) is 67.2 Å². The third-order valence-corrected chi connectivity index (χ3v) is 5.63. The van der Waals surface area contributed by atoms with Crippen molar-refractivity contribution in [2.75, 3.05) is 26.9 Å². The van der Waals surface area contributed by atoms with Crippen molar-refractivity contribution < 1.29 is 34.1 Å². The quantitative estimate of drug-likeness (QED) is 0.406. The molecule has 0 aliphatic heterocycles. The predicted molar refractivity (Wildman–Crippen MR) is 120 cm³/mol. The molecule has 0 heterocycles. The Balaban J connectivity index is 1.49. The van der Waals surface area contributed by atoms with E-state index in [0.29, 0.717) is 0 Å². The number of aliphatic hydroxyl groups is 1. The first-order chi connectivity index (χ1) is 16.0. The van der Waals surface area contributed by atoms with E-state index in [0.717, 1.165) is 22.3 Å². The first-order valence-corrected chi connectivity index (χ1v) is 10.7. The third kappa shape index (κ3) is 5.88. The average molecular weight is 456 g/mol. The van der Waals surface area contributed by atoms with Gasteiger partial charge in [-0.15, -0.1) is 0 Å². The Morgan fingerprint density at radius 3 is 2.15 bits per heavy atom. The number of carbonyl (C=O) groups excluding carboxylic acids is 2. The van der Waals surface area contributed by atoms with E-state index in [1.165, 1.54) is 7.11 Å². The number of alkyl carbamates (subject to hydrolysis) is 1. The summed E-state index contributed by atoms with van der Waals surface area (Å²) in [6.45, 7) is -0.103. The molecule has 9 heteroatoms. The molecule has 0 bridgehead atoms. The van der Waals surface area contributed by atoms with E-state index in [1.807, 2.05) is 36.4 Å². The van der Waals surface area contributed by atoms with E-state index in [1.54, 1.807) is 0 Å². The molecule has 2 unspecified atom stereocenters. The molecule has 0 saturated carbocycles. The zero-order valence-corrected chi connectivity index (χ0v) is 18.3. The summed E-state index contributed by atoms with van der Waals surface area (Å²) in [5.74, 6) is -1.93. The standard InChI is InChI=1S/C24H28N2O7/c1-32-21(22(28)26-20(11-13-27)23(29)30)10-12-25-24(31)33-14-19-17-8-4-2-6-15(17)16-7-3-5-9-18(16)19/h2-9,19-21,27H,10-14H2,1H3,(H,25,31)(H,26,28)(H,29,30). The lowest BCUT2D eigenvalue weighted by Crippen LogP contribution is -2.47. The lowest BCUT2D eigenvalue weighted by atomic mass is 9.98. The average Bonchev–Trinajstić information content (AvgIpc) is 3.13. The SMILES string of the molecule is COC(CCNC(=O)OCC1c2ccccc2-c2ccccc21)C(=O)NC(CCO)C(=O)O. The number of aliphatic hydroxyl groups excluding tert-OH is 1. The summed E-state index contributed by atoms with van der Waals surface area (Å²) in [4.78, 5) is 35.6. The summed E-state index contributed by atoms with van der Waals surface area (Å²) in [5.41, 5.74) is 4.49. The largest absolute Gasteiger partial charge is 0.480 e. The normalized spacial score (nSPS) is 14.0. The zero-order chi connectivity index (χ0) is 23.8. The molecular weight excluding hydrogens is 428 g/mol. The summed E-state index contributed by atoms with van der Waals surface area (Å²) in [6.07, 6.45) is -1.57. The number of rotatable bonds is 11. The van der Waals surface area contributed by atoms with Crippen LogP contribution in [0.5, 0.6) is 0 Å². The van der Waals surface area contributed by atoms with E-state index in [4.69, 9.17) is 19.7 Å². The Hall–Kier alpha value is -3.43. The van der Waals surface area contributed by atoms with Crippen molar-refractivity contribution >= 4 is 18.0 Å². The highest BCUT2D eigenvalue weighted by Gasteiger charge is 2.29. The number of ether oxygens (including phenoxy) is 2. The van der Waals surface area contributed by atoms with Crippen LogP contribution < -0.4 is 10.6 Å². The molecule has 2 amide bonds. The minimum atomic E-state index is -1.25. The Bertz CT molecular complexity index is 949. The molecule has 3 rings (SSSR count). The van der Waals surface area contributed by atoms with Crippen molar-refractivity contribution in [1.29, 1.82) is 0 Å².